The van der Waals surface area contributed by atoms with Gasteiger partial charge in [-0.2, -0.15) is 0 Å². The average molecular weight is 293 g/mol. The third-order valence-electron chi connectivity index (χ3n) is 3.13. The largest absolute Gasteiger partial charge is 0.464 e. The number of ether oxygens (including phenoxy) is 2. The maximum absolute atomic E-state index is 11.1. The molecule has 0 heterocycles. The fourth-order valence-corrected chi connectivity index (χ4v) is 2.89. The van der Waals surface area contributed by atoms with Gasteiger partial charge in [-0.15, -0.1) is 0 Å². The standard InChI is InChI=1S/C12H21BrO3/c1-2-16-11(14)8-15-10-12(9-13)6-4-3-5-7-12/h2-10H2,1H3. The highest BCUT2D eigenvalue weighted by molar-refractivity contribution is 9.09. The Hall–Kier alpha value is -0.0900. The van der Waals surface area contributed by atoms with E-state index in [2.05, 4.69) is 15.9 Å². The van der Waals surface area contributed by atoms with Gasteiger partial charge in [0.05, 0.1) is 13.2 Å². The zero-order valence-electron chi connectivity index (χ0n) is 9.97. The van der Waals surface area contributed by atoms with Crippen LogP contribution in [0, 0.1) is 5.41 Å². The van der Waals surface area contributed by atoms with Gasteiger partial charge in [0.2, 0.25) is 0 Å². The monoisotopic (exact) mass is 292 g/mol. The number of alkyl halides is 1. The number of halogens is 1. The van der Waals surface area contributed by atoms with E-state index in [-0.39, 0.29) is 18.0 Å². The first-order valence-electron chi connectivity index (χ1n) is 6.02. The summed E-state index contributed by atoms with van der Waals surface area (Å²) in [7, 11) is 0. The number of carbonyl (C=O) groups is 1. The molecule has 0 aliphatic heterocycles. The zero-order valence-corrected chi connectivity index (χ0v) is 11.6. The molecule has 0 unspecified atom stereocenters. The maximum atomic E-state index is 11.1. The van der Waals surface area contributed by atoms with Crippen molar-refractivity contribution in [1.29, 1.82) is 0 Å². The van der Waals surface area contributed by atoms with E-state index in [0.717, 1.165) is 5.33 Å². The van der Waals surface area contributed by atoms with Crippen molar-refractivity contribution in [2.45, 2.75) is 39.0 Å². The van der Waals surface area contributed by atoms with Crippen molar-refractivity contribution in [1.82, 2.24) is 0 Å². The molecule has 0 bridgehead atoms. The molecule has 0 aromatic carbocycles. The second kappa shape index (κ2) is 7.28. The van der Waals surface area contributed by atoms with Gasteiger partial charge in [-0.25, -0.2) is 4.79 Å². The summed E-state index contributed by atoms with van der Waals surface area (Å²) in [5.74, 6) is -0.261. The quantitative estimate of drug-likeness (QED) is 0.558. The van der Waals surface area contributed by atoms with Gasteiger partial charge in [0.1, 0.15) is 6.61 Å². The van der Waals surface area contributed by atoms with Crippen molar-refractivity contribution in [2.75, 3.05) is 25.2 Å². The summed E-state index contributed by atoms with van der Waals surface area (Å²) >= 11 is 3.57. The Labute approximate surface area is 106 Å². The summed E-state index contributed by atoms with van der Waals surface area (Å²) in [6, 6.07) is 0. The first kappa shape index (κ1) is 14.0. The normalized spacial score (nSPS) is 19.4. The minimum absolute atomic E-state index is 0.0859. The molecule has 0 amide bonds. The summed E-state index contributed by atoms with van der Waals surface area (Å²) in [5, 5.41) is 0.961. The van der Waals surface area contributed by atoms with Crippen LogP contribution in [-0.4, -0.2) is 31.1 Å². The van der Waals surface area contributed by atoms with Gasteiger partial charge in [-0.1, -0.05) is 35.2 Å². The third-order valence-corrected chi connectivity index (χ3v) is 4.32. The van der Waals surface area contributed by atoms with Crippen molar-refractivity contribution in [3.8, 4) is 0 Å². The summed E-state index contributed by atoms with van der Waals surface area (Å²) in [6.45, 7) is 2.98. The fraction of sp³-hybridized carbons (Fsp3) is 0.917. The summed E-state index contributed by atoms with van der Waals surface area (Å²) in [4.78, 5) is 11.1. The van der Waals surface area contributed by atoms with Gasteiger partial charge < -0.3 is 9.47 Å². The van der Waals surface area contributed by atoms with Crippen molar-refractivity contribution in [3.63, 3.8) is 0 Å². The highest BCUT2D eigenvalue weighted by Gasteiger charge is 2.31. The molecule has 94 valence electrons. The van der Waals surface area contributed by atoms with Crippen molar-refractivity contribution in [3.05, 3.63) is 0 Å². The highest BCUT2D eigenvalue weighted by Crippen LogP contribution is 2.37. The summed E-state index contributed by atoms with van der Waals surface area (Å²) in [6.07, 6.45) is 6.26. The van der Waals surface area contributed by atoms with E-state index in [1.54, 1.807) is 6.92 Å². The number of hydrogen-bond acceptors (Lipinski definition) is 3. The van der Waals surface area contributed by atoms with Crippen molar-refractivity contribution < 1.29 is 14.3 Å². The minimum atomic E-state index is -0.261. The van der Waals surface area contributed by atoms with Crippen molar-refractivity contribution >= 4 is 21.9 Å². The molecule has 1 saturated carbocycles. The van der Waals surface area contributed by atoms with Gasteiger partial charge in [-0.3, -0.25) is 0 Å². The SMILES string of the molecule is CCOC(=O)COCC1(CBr)CCCCC1. The number of esters is 1. The Kier molecular flexibility index (Phi) is 6.36. The predicted molar refractivity (Wildman–Crippen MR) is 66.8 cm³/mol. The number of rotatable bonds is 6. The van der Waals surface area contributed by atoms with E-state index in [4.69, 9.17) is 9.47 Å². The van der Waals surface area contributed by atoms with Crippen LogP contribution in [0.3, 0.4) is 0 Å². The van der Waals surface area contributed by atoms with Gasteiger partial charge in [-0.05, 0) is 19.8 Å². The fourth-order valence-electron chi connectivity index (χ4n) is 2.17. The number of carbonyl (C=O) groups excluding carboxylic acids is 1. The van der Waals surface area contributed by atoms with Gasteiger partial charge in [0.25, 0.3) is 0 Å². The van der Waals surface area contributed by atoms with Crippen LogP contribution in [0.1, 0.15) is 39.0 Å². The lowest BCUT2D eigenvalue weighted by atomic mass is 9.76. The first-order chi connectivity index (χ1) is 7.72. The molecule has 0 aromatic rings. The highest BCUT2D eigenvalue weighted by atomic mass is 79.9. The van der Waals surface area contributed by atoms with E-state index >= 15 is 0 Å². The third kappa shape index (κ3) is 4.42. The molecule has 1 rings (SSSR count). The van der Waals surface area contributed by atoms with Crippen LogP contribution >= 0.6 is 15.9 Å². The molecule has 16 heavy (non-hydrogen) atoms. The van der Waals surface area contributed by atoms with Crippen LogP contribution in [0.2, 0.25) is 0 Å². The topological polar surface area (TPSA) is 35.5 Å². The van der Waals surface area contributed by atoms with Crippen molar-refractivity contribution in [2.24, 2.45) is 5.41 Å². The average Bonchev–Trinajstić information content (AvgIpc) is 2.31. The van der Waals surface area contributed by atoms with E-state index in [1.807, 2.05) is 0 Å². The number of hydrogen-bond donors (Lipinski definition) is 0. The second-order valence-corrected chi connectivity index (χ2v) is 5.05. The van der Waals surface area contributed by atoms with E-state index in [1.165, 1.54) is 32.1 Å². The van der Waals surface area contributed by atoms with Gasteiger partial charge >= 0.3 is 5.97 Å². The molecular weight excluding hydrogens is 272 g/mol. The molecule has 4 heteroatoms. The van der Waals surface area contributed by atoms with Crippen LogP contribution in [0.25, 0.3) is 0 Å². The maximum Gasteiger partial charge on any atom is 0.332 e. The molecule has 1 fully saturated rings. The minimum Gasteiger partial charge on any atom is -0.464 e. The molecular formula is C12H21BrO3. The van der Waals surface area contributed by atoms with Crippen LogP contribution in [0.5, 0.6) is 0 Å². The van der Waals surface area contributed by atoms with Crippen LogP contribution in [0.15, 0.2) is 0 Å². The second-order valence-electron chi connectivity index (χ2n) is 4.49. The predicted octanol–water partition coefficient (Wildman–Crippen LogP) is 2.91. The smallest absolute Gasteiger partial charge is 0.332 e. The Morgan fingerprint density at radius 2 is 2.00 bits per heavy atom. The lowest BCUT2D eigenvalue weighted by Gasteiger charge is -2.35. The molecule has 1 aliphatic carbocycles. The molecule has 0 radical (unpaired) electrons. The molecule has 0 saturated heterocycles. The van der Waals surface area contributed by atoms with Crippen LogP contribution < -0.4 is 0 Å². The van der Waals surface area contributed by atoms with E-state index < -0.39 is 0 Å². The van der Waals surface area contributed by atoms with Crippen LogP contribution in [-0.2, 0) is 14.3 Å². The Morgan fingerprint density at radius 3 is 2.56 bits per heavy atom. The molecule has 0 N–H and O–H groups in total. The van der Waals surface area contributed by atoms with E-state index in [0.29, 0.717) is 13.2 Å². The molecule has 3 nitrogen and oxygen atoms in total. The first-order valence-corrected chi connectivity index (χ1v) is 7.14. The van der Waals surface area contributed by atoms with E-state index in [9.17, 15) is 4.79 Å². The zero-order chi connectivity index (χ0) is 11.9. The Bertz CT molecular complexity index is 212. The van der Waals surface area contributed by atoms with Gasteiger partial charge in [0, 0.05) is 10.7 Å². The lowest BCUT2D eigenvalue weighted by molar-refractivity contribution is -0.149. The van der Waals surface area contributed by atoms with Gasteiger partial charge in [0.15, 0.2) is 0 Å². The van der Waals surface area contributed by atoms with Crippen LogP contribution in [0.4, 0.5) is 0 Å². The Balaban J connectivity index is 2.25. The molecule has 1 aliphatic rings. The molecule has 0 spiro atoms. The Morgan fingerprint density at radius 1 is 1.31 bits per heavy atom. The summed E-state index contributed by atoms with van der Waals surface area (Å²) < 4.78 is 10.3. The molecule has 0 atom stereocenters. The summed E-state index contributed by atoms with van der Waals surface area (Å²) in [5.41, 5.74) is 0.241. The molecule has 0 aromatic heterocycles. The lowest BCUT2D eigenvalue weighted by Crippen LogP contribution is -2.32.